The van der Waals surface area contributed by atoms with Crippen LogP contribution in [0.1, 0.15) is 5.56 Å². The molecule has 1 aromatic rings. The van der Waals surface area contributed by atoms with E-state index in [1.54, 1.807) is 7.11 Å². The molecule has 0 heterocycles. The van der Waals surface area contributed by atoms with Gasteiger partial charge in [0.15, 0.2) is 0 Å². The quantitative estimate of drug-likeness (QED) is 0.518. The van der Waals surface area contributed by atoms with E-state index in [-0.39, 0.29) is 6.04 Å². The van der Waals surface area contributed by atoms with Crippen LogP contribution in [0.3, 0.4) is 0 Å². The van der Waals surface area contributed by atoms with Crippen molar-refractivity contribution in [2.24, 2.45) is 5.84 Å². The zero-order chi connectivity index (χ0) is 9.52. The lowest BCUT2D eigenvalue weighted by molar-refractivity contribution is 0.166. The first-order chi connectivity index (χ1) is 6.36. The van der Waals surface area contributed by atoms with Crippen molar-refractivity contribution in [2.45, 2.75) is 12.5 Å². The Morgan fingerprint density at radius 3 is 2.62 bits per heavy atom. The minimum atomic E-state index is 0.187. The van der Waals surface area contributed by atoms with Gasteiger partial charge in [-0.15, -0.1) is 0 Å². The summed E-state index contributed by atoms with van der Waals surface area (Å²) >= 11 is 0. The summed E-state index contributed by atoms with van der Waals surface area (Å²) in [5.74, 6) is 5.38. The third-order valence-corrected chi connectivity index (χ3v) is 1.93. The van der Waals surface area contributed by atoms with Crippen LogP contribution in [-0.2, 0) is 11.2 Å². The van der Waals surface area contributed by atoms with Gasteiger partial charge >= 0.3 is 0 Å². The fourth-order valence-electron chi connectivity index (χ4n) is 1.27. The van der Waals surface area contributed by atoms with Crippen molar-refractivity contribution in [3.63, 3.8) is 0 Å². The van der Waals surface area contributed by atoms with Gasteiger partial charge in [0.25, 0.3) is 0 Å². The Hall–Kier alpha value is -0.900. The van der Waals surface area contributed by atoms with Crippen LogP contribution < -0.4 is 11.3 Å². The number of rotatable bonds is 5. The van der Waals surface area contributed by atoms with Gasteiger partial charge < -0.3 is 4.74 Å². The molecule has 0 saturated carbocycles. The monoisotopic (exact) mass is 180 g/mol. The summed E-state index contributed by atoms with van der Waals surface area (Å²) in [6.07, 6.45) is 0.894. The van der Waals surface area contributed by atoms with Crippen molar-refractivity contribution < 1.29 is 4.74 Å². The molecular weight excluding hydrogens is 164 g/mol. The number of hydrazine groups is 1. The van der Waals surface area contributed by atoms with E-state index < -0.39 is 0 Å². The standard InChI is InChI=1S/C10H16N2O/c1-13-8-10(12-11)7-9-5-3-2-4-6-9/h2-6,10,12H,7-8,11H2,1H3. The molecule has 1 aromatic carbocycles. The van der Waals surface area contributed by atoms with E-state index in [4.69, 9.17) is 10.6 Å². The summed E-state index contributed by atoms with van der Waals surface area (Å²) in [5, 5.41) is 0. The second kappa shape index (κ2) is 5.70. The number of methoxy groups -OCH3 is 1. The van der Waals surface area contributed by atoms with Crippen molar-refractivity contribution in [2.75, 3.05) is 13.7 Å². The molecule has 3 nitrogen and oxygen atoms in total. The van der Waals surface area contributed by atoms with Gasteiger partial charge in [-0.3, -0.25) is 11.3 Å². The average Bonchev–Trinajstić information content (AvgIpc) is 2.19. The minimum absolute atomic E-state index is 0.187. The highest BCUT2D eigenvalue weighted by atomic mass is 16.5. The van der Waals surface area contributed by atoms with Crippen LogP contribution >= 0.6 is 0 Å². The van der Waals surface area contributed by atoms with Gasteiger partial charge in [-0.05, 0) is 12.0 Å². The van der Waals surface area contributed by atoms with Gasteiger partial charge in [-0.25, -0.2) is 0 Å². The number of benzene rings is 1. The highest BCUT2D eigenvalue weighted by Crippen LogP contribution is 2.02. The van der Waals surface area contributed by atoms with Gasteiger partial charge in [0.2, 0.25) is 0 Å². The summed E-state index contributed by atoms with van der Waals surface area (Å²) in [7, 11) is 1.68. The largest absolute Gasteiger partial charge is 0.383 e. The van der Waals surface area contributed by atoms with Gasteiger partial charge in [0.05, 0.1) is 6.61 Å². The lowest BCUT2D eigenvalue weighted by Crippen LogP contribution is -2.40. The number of hydrogen-bond donors (Lipinski definition) is 2. The molecule has 3 heteroatoms. The fourth-order valence-corrected chi connectivity index (χ4v) is 1.27. The summed E-state index contributed by atoms with van der Waals surface area (Å²) in [6.45, 7) is 0.630. The Bertz CT molecular complexity index is 226. The van der Waals surface area contributed by atoms with Crippen molar-refractivity contribution >= 4 is 0 Å². The van der Waals surface area contributed by atoms with Crippen LogP contribution in [0.2, 0.25) is 0 Å². The summed E-state index contributed by atoms with van der Waals surface area (Å²) in [5.41, 5.74) is 3.99. The van der Waals surface area contributed by atoms with E-state index >= 15 is 0 Å². The van der Waals surface area contributed by atoms with Gasteiger partial charge in [0.1, 0.15) is 0 Å². The molecule has 0 radical (unpaired) electrons. The fraction of sp³-hybridized carbons (Fsp3) is 0.400. The van der Waals surface area contributed by atoms with E-state index in [1.807, 2.05) is 18.2 Å². The Morgan fingerprint density at radius 1 is 1.38 bits per heavy atom. The molecule has 0 spiro atoms. The highest BCUT2D eigenvalue weighted by Gasteiger charge is 2.05. The molecule has 1 rings (SSSR count). The molecule has 0 aliphatic heterocycles. The van der Waals surface area contributed by atoms with Crippen LogP contribution in [-0.4, -0.2) is 19.8 Å². The van der Waals surface area contributed by atoms with Crippen LogP contribution in [0, 0.1) is 0 Å². The van der Waals surface area contributed by atoms with E-state index in [2.05, 4.69) is 17.6 Å². The SMILES string of the molecule is COCC(Cc1ccccc1)NN. The average molecular weight is 180 g/mol. The molecule has 0 aliphatic carbocycles. The molecule has 0 aliphatic rings. The Morgan fingerprint density at radius 2 is 2.08 bits per heavy atom. The first-order valence-corrected chi connectivity index (χ1v) is 4.36. The van der Waals surface area contributed by atoms with Crippen molar-refractivity contribution in [1.29, 1.82) is 0 Å². The number of hydrogen-bond acceptors (Lipinski definition) is 3. The lowest BCUT2D eigenvalue weighted by Gasteiger charge is -2.14. The molecule has 3 N–H and O–H groups in total. The Labute approximate surface area is 78.9 Å². The van der Waals surface area contributed by atoms with Crippen molar-refractivity contribution in [3.8, 4) is 0 Å². The number of ether oxygens (including phenoxy) is 1. The molecular formula is C10H16N2O. The van der Waals surface area contributed by atoms with E-state index in [1.165, 1.54) is 5.56 Å². The third kappa shape index (κ3) is 3.55. The highest BCUT2D eigenvalue weighted by molar-refractivity contribution is 5.15. The molecule has 1 atom stereocenters. The number of nitrogens with two attached hydrogens (primary N) is 1. The maximum Gasteiger partial charge on any atom is 0.0632 e. The summed E-state index contributed by atoms with van der Waals surface area (Å²) < 4.78 is 5.02. The van der Waals surface area contributed by atoms with Crippen molar-refractivity contribution in [1.82, 2.24) is 5.43 Å². The molecule has 0 saturated heterocycles. The minimum Gasteiger partial charge on any atom is -0.383 e. The second-order valence-corrected chi connectivity index (χ2v) is 3.01. The predicted octanol–water partition coefficient (Wildman–Crippen LogP) is 0.707. The van der Waals surface area contributed by atoms with Crippen LogP contribution in [0.4, 0.5) is 0 Å². The molecule has 0 bridgehead atoms. The number of nitrogens with one attached hydrogen (secondary N) is 1. The third-order valence-electron chi connectivity index (χ3n) is 1.93. The topological polar surface area (TPSA) is 47.3 Å². The molecule has 0 amide bonds. The van der Waals surface area contributed by atoms with E-state index in [0.717, 1.165) is 6.42 Å². The van der Waals surface area contributed by atoms with Crippen molar-refractivity contribution in [3.05, 3.63) is 35.9 Å². The maximum absolute atomic E-state index is 5.38. The van der Waals surface area contributed by atoms with Crippen LogP contribution in [0.25, 0.3) is 0 Å². The van der Waals surface area contributed by atoms with E-state index in [9.17, 15) is 0 Å². The van der Waals surface area contributed by atoms with Gasteiger partial charge in [-0.1, -0.05) is 30.3 Å². The summed E-state index contributed by atoms with van der Waals surface area (Å²) in [4.78, 5) is 0. The molecule has 0 aromatic heterocycles. The molecule has 72 valence electrons. The van der Waals surface area contributed by atoms with Crippen LogP contribution in [0.15, 0.2) is 30.3 Å². The molecule has 0 fully saturated rings. The normalized spacial score (nSPS) is 12.8. The lowest BCUT2D eigenvalue weighted by atomic mass is 10.1. The predicted molar refractivity (Wildman–Crippen MR) is 53.1 cm³/mol. The zero-order valence-corrected chi connectivity index (χ0v) is 7.86. The smallest absolute Gasteiger partial charge is 0.0632 e. The first-order valence-electron chi connectivity index (χ1n) is 4.36. The second-order valence-electron chi connectivity index (χ2n) is 3.01. The molecule has 13 heavy (non-hydrogen) atoms. The van der Waals surface area contributed by atoms with Crippen LogP contribution in [0.5, 0.6) is 0 Å². The zero-order valence-electron chi connectivity index (χ0n) is 7.86. The first kappa shape index (κ1) is 10.2. The van der Waals surface area contributed by atoms with Gasteiger partial charge in [-0.2, -0.15) is 0 Å². The summed E-state index contributed by atoms with van der Waals surface area (Å²) in [6, 6.07) is 10.4. The Kier molecular flexibility index (Phi) is 4.46. The van der Waals surface area contributed by atoms with Gasteiger partial charge in [0, 0.05) is 13.2 Å². The Balaban J connectivity index is 2.46. The van der Waals surface area contributed by atoms with E-state index in [0.29, 0.717) is 6.61 Å². The maximum atomic E-state index is 5.38. The molecule has 1 unspecified atom stereocenters.